The Kier molecular flexibility index (Phi) is 7.37. The largest absolute Gasteiger partial charge is 0.454 e. The maximum atomic E-state index is 5.78. The molecule has 0 saturated heterocycles. The number of para-hydroxylation sites is 2. The Bertz CT molecular complexity index is 960. The Balaban J connectivity index is 1.51. The van der Waals surface area contributed by atoms with Gasteiger partial charge in [-0.25, -0.2) is 4.31 Å². The van der Waals surface area contributed by atoms with Crippen LogP contribution in [0.1, 0.15) is 58.1 Å². The highest BCUT2D eigenvalue weighted by molar-refractivity contribution is 8.00. The topological polar surface area (TPSA) is 24.9 Å². The van der Waals surface area contributed by atoms with E-state index in [9.17, 15) is 0 Å². The van der Waals surface area contributed by atoms with Gasteiger partial charge in [0.2, 0.25) is 6.79 Å². The van der Waals surface area contributed by atoms with Crippen molar-refractivity contribution < 1.29 is 9.47 Å². The van der Waals surface area contributed by atoms with Gasteiger partial charge in [0.05, 0.1) is 0 Å². The van der Waals surface area contributed by atoms with E-state index in [1.807, 2.05) is 18.0 Å². The Labute approximate surface area is 197 Å². The Hall–Kier alpha value is -2.11. The molecule has 0 N–H and O–H groups in total. The van der Waals surface area contributed by atoms with Crippen LogP contribution in [0.25, 0.3) is 0 Å². The SMILES string of the molecule is CC/C=C(\C)SN(CCC)CCC1(C)CN(Cc2cccc3c2OCO3)c2ccccc21. The van der Waals surface area contributed by atoms with Crippen LogP contribution in [0, 0.1) is 0 Å². The van der Waals surface area contributed by atoms with Crippen LogP contribution in [0.3, 0.4) is 0 Å². The van der Waals surface area contributed by atoms with Crippen molar-refractivity contribution in [1.82, 2.24) is 4.31 Å². The molecule has 4 rings (SSSR count). The number of ether oxygens (including phenoxy) is 2. The molecule has 2 aromatic carbocycles. The highest BCUT2D eigenvalue weighted by Crippen LogP contribution is 2.45. The Morgan fingerprint density at radius 2 is 1.97 bits per heavy atom. The average Bonchev–Trinajstić information content (AvgIpc) is 3.37. The maximum Gasteiger partial charge on any atom is 0.231 e. The minimum atomic E-state index is 0.126. The predicted molar refractivity (Wildman–Crippen MR) is 136 cm³/mol. The molecule has 0 aliphatic carbocycles. The van der Waals surface area contributed by atoms with Crippen molar-refractivity contribution in [2.24, 2.45) is 0 Å². The van der Waals surface area contributed by atoms with Gasteiger partial charge < -0.3 is 14.4 Å². The summed E-state index contributed by atoms with van der Waals surface area (Å²) in [5.41, 5.74) is 4.14. The fraction of sp³-hybridized carbons (Fsp3) is 0.481. The summed E-state index contributed by atoms with van der Waals surface area (Å²) in [6, 6.07) is 15.2. The van der Waals surface area contributed by atoms with Crippen molar-refractivity contribution in [2.75, 3.05) is 31.3 Å². The summed E-state index contributed by atoms with van der Waals surface area (Å²) >= 11 is 1.92. The van der Waals surface area contributed by atoms with E-state index < -0.39 is 0 Å². The summed E-state index contributed by atoms with van der Waals surface area (Å²) in [5.74, 6) is 1.77. The Morgan fingerprint density at radius 1 is 1.12 bits per heavy atom. The van der Waals surface area contributed by atoms with Gasteiger partial charge in [0.25, 0.3) is 0 Å². The highest BCUT2D eigenvalue weighted by Gasteiger charge is 2.39. The van der Waals surface area contributed by atoms with Crippen molar-refractivity contribution in [2.45, 2.75) is 58.9 Å². The predicted octanol–water partition coefficient (Wildman–Crippen LogP) is 6.76. The molecule has 2 aliphatic rings. The van der Waals surface area contributed by atoms with Crippen LogP contribution < -0.4 is 14.4 Å². The number of rotatable bonds is 10. The first-order valence-corrected chi connectivity index (χ1v) is 12.6. The lowest BCUT2D eigenvalue weighted by Gasteiger charge is -2.30. The van der Waals surface area contributed by atoms with Gasteiger partial charge >= 0.3 is 0 Å². The van der Waals surface area contributed by atoms with Gasteiger partial charge in [0.15, 0.2) is 11.5 Å². The van der Waals surface area contributed by atoms with Crippen LogP contribution in [0.5, 0.6) is 11.5 Å². The normalized spacial score (nSPS) is 19.7. The molecule has 2 aromatic rings. The number of hydrogen-bond acceptors (Lipinski definition) is 5. The first-order chi connectivity index (χ1) is 15.5. The monoisotopic (exact) mass is 452 g/mol. The van der Waals surface area contributed by atoms with Crippen LogP contribution in [0.15, 0.2) is 53.4 Å². The van der Waals surface area contributed by atoms with E-state index in [1.165, 1.54) is 28.1 Å². The molecule has 0 radical (unpaired) electrons. The molecule has 172 valence electrons. The molecule has 0 saturated carbocycles. The van der Waals surface area contributed by atoms with Crippen molar-refractivity contribution in [3.8, 4) is 11.5 Å². The van der Waals surface area contributed by atoms with E-state index in [1.54, 1.807) is 0 Å². The Morgan fingerprint density at radius 3 is 2.78 bits per heavy atom. The van der Waals surface area contributed by atoms with Gasteiger partial charge in [-0.2, -0.15) is 0 Å². The van der Waals surface area contributed by atoms with Gasteiger partial charge in [0.1, 0.15) is 0 Å². The number of allylic oxidation sites excluding steroid dienone is 2. The maximum absolute atomic E-state index is 5.78. The molecule has 32 heavy (non-hydrogen) atoms. The highest BCUT2D eigenvalue weighted by atomic mass is 32.2. The molecule has 0 amide bonds. The number of benzene rings is 2. The van der Waals surface area contributed by atoms with Crippen LogP contribution in [0.2, 0.25) is 0 Å². The van der Waals surface area contributed by atoms with E-state index in [0.29, 0.717) is 6.79 Å². The molecule has 1 atom stereocenters. The second kappa shape index (κ2) is 10.2. The summed E-state index contributed by atoms with van der Waals surface area (Å²) in [6.07, 6.45) is 5.73. The fourth-order valence-corrected chi connectivity index (χ4v) is 5.98. The molecule has 0 fully saturated rings. The van der Waals surface area contributed by atoms with Gasteiger partial charge in [-0.15, -0.1) is 0 Å². The minimum Gasteiger partial charge on any atom is -0.454 e. The summed E-state index contributed by atoms with van der Waals surface area (Å²) in [4.78, 5) is 3.92. The molecule has 0 bridgehead atoms. The fourth-order valence-electron chi connectivity index (χ4n) is 4.88. The zero-order valence-electron chi connectivity index (χ0n) is 19.9. The molecular formula is C27H36N2O2S. The van der Waals surface area contributed by atoms with Gasteiger partial charge in [-0.3, -0.25) is 0 Å². The molecule has 4 nitrogen and oxygen atoms in total. The molecular weight excluding hydrogens is 416 g/mol. The second-order valence-electron chi connectivity index (χ2n) is 9.08. The third kappa shape index (κ3) is 4.94. The summed E-state index contributed by atoms with van der Waals surface area (Å²) in [5, 5.41) is 0. The smallest absolute Gasteiger partial charge is 0.231 e. The van der Waals surface area contributed by atoms with Crippen molar-refractivity contribution in [3.05, 3.63) is 64.6 Å². The summed E-state index contributed by atoms with van der Waals surface area (Å²) < 4.78 is 13.9. The molecule has 0 aromatic heterocycles. The van der Waals surface area contributed by atoms with E-state index in [4.69, 9.17) is 9.47 Å². The summed E-state index contributed by atoms with van der Waals surface area (Å²) in [7, 11) is 0. The number of nitrogens with zero attached hydrogens (tertiary/aromatic N) is 2. The molecule has 1 unspecified atom stereocenters. The number of anilines is 1. The first-order valence-electron chi connectivity index (χ1n) is 11.9. The molecule has 5 heteroatoms. The van der Waals surface area contributed by atoms with Gasteiger partial charge in [-0.05, 0) is 60.7 Å². The van der Waals surface area contributed by atoms with Crippen molar-refractivity contribution in [1.29, 1.82) is 0 Å². The summed E-state index contributed by atoms with van der Waals surface area (Å²) in [6.45, 7) is 13.5. The zero-order valence-corrected chi connectivity index (χ0v) is 20.7. The lowest BCUT2D eigenvalue weighted by atomic mass is 9.81. The van der Waals surface area contributed by atoms with E-state index >= 15 is 0 Å². The number of fused-ring (bicyclic) bond motifs is 2. The van der Waals surface area contributed by atoms with Crippen LogP contribution in [0.4, 0.5) is 5.69 Å². The van der Waals surface area contributed by atoms with Crippen LogP contribution in [-0.2, 0) is 12.0 Å². The van der Waals surface area contributed by atoms with Gasteiger partial charge in [-0.1, -0.05) is 57.2 Å². The zero-order chi connectivity index (χ0) is 22.6. The van der Waals surface area contributed by atoms with Crippen LogP contribution in [-0.4, -0.2) is 30.7 Å². The second-order valence-corrected chi connectivity index (χ2v) is 10.4. The molecule has 2 aliphatic heterocycles. The van der Waals surface area contributed by atoms with Crippen molar-refractivity contribution >= 4 is 17.6 Å². The molecule has 0 spiro atoms. The van der Waals surface area contributed by atoms with Crippen LogP contribution >= 0.6 is 11.9 Å². The lowest BCUT2D eigenvalue weighted by Crippen LogP contribution is -2.34. The third-order valence-corrected chi connectivity index (χ3v) is 7.50. The average molecular weight is 453 g/mol. The standard InChI is InChI=1S/C27H36N2O2S/c1-5-10-21(3)32-29(16-6-2)17-15-27(4)19-28(24-13-8-7-12-23(24)27)18-22-11-9-14-25-26(22)31-20-30-25/h7-14H,5-6,15-20H2,1-4H3/b21-10+. The van der Waals surface area contributed by atoms with Gasteiger partial charge in [0, 0.05) is 42.8 Å². The lowest BCUT2D eigenvalue weighted by molar-refractivity contribution is 0.173. The van der Waals surface area contributed by atoms with E-state index in [0.717, 1.165) is 50.5 Å². The third-order valence-electron chi connectivity index (χ3n) is 6.42. The van der Waals surface area contributed by atoms with E-state index in [2.05, 4.69) is 79.4 Å². The van der Waals surface area contributed by atoms with E-state index in [-0.39, 0.29) is 5.41 Å². The quantitative estimate of drug-likeness (QED) is 0.371. The molecule has 2 heterocycles. The number of hydrogen-bond donors (Lipinski definition) is 0. The minimum absolute atomic E-state index is 0.126. The van der Waals surface area contributed by atoms with Crippen molar-refractivity contribution in [3.63, 3.8) is 0 Å². The first kappa shape index (κ1) is 23.1.